The molecule has 3 nitrogen and oxygen atoms in total. The fourth-order valence-corrected chi connectivity index (χ4v) is 1.46. The molecule has 2 rings (SSSR count). The molecule has 0 aliphatic heterocycles. The molecule has 1 aliphatic rings. The zero-order chi connectivity index (χ0) is 10.7. The van der Waals surface area contributed by atoms with Gasteiger partial charge in [-0.3, -0.25) is 4.79 Å². The van der Waals surface area contributed by atoms with E-state index in [1.54, 1.807) is 12.1 Å². The first-order valence-corrected chi connectivity index (χ1v) is 5.19. The number of rotatable bonds is 3. The van der Waals surface area contributed by atoms with Crippen molar-refractivity contribution in [3.8, 4) is 11.5 Å². The molecule has 1 aliphatic carbocycles. The molecule has 1 aromatic carbocycles. The quantitative estimate of drug-likeness (QED) is 0.563. The average Bonchev–Trinajstić information content (AvgIpc) is 2.11. The molecule has 0 heterocycles. The first kappa shape index (κ1) is 10.0. The van der Waals surface area contributed by atoms with Gasteiger partial charge in [0.25, 0.3) is 0 Å². The molecular formula is C12H14O3. The van der Waals surface area contributed by atoms with E-state index in [9.17, 15) is 4.79 Å². The summed E-state index contributed by atoms with van der Waals surface area (Å²) in [5.41, 5.74) is 0. The Morgan fingerprint density at radius 1 is 1.33 bits per heavy atom. The minimum Gasteiger partial charge on any atom is -0.490 e. The Bertz CT molecular complexity index is 356. The van der Waals surface area contributed by atoms with E-state index in [4.69, 9.17) is 9.47 Å². The SMILES string of the molecule is CC(=O)Oc1cccc(OC2CCC2)c1. The number of hydrogen-bond donors (Lipinski definition) is 0. The Hall–Kier alpha value is -1.51. The van der Waals surface area contributed by atoms with Crippen LogP contribution < -0.4 is 9.47 Å². The smallest absolute Gasteiger partial charge is 0.308 e. The molecule has 0 bridgehead atoms. The van der Waals surface area contributed by atoms with Crippen LogP contribution >= 0.6 is 0 Å². The van der Waals surface area contributed by atoms with E-state index in [1.165, 1.54) is 13.3 Å². The lowest BCUT2D eigenvalue weighted by Crippen LogP contribution is -2.24. The Morgan fingerprint density at radius 2 is 2.07 bits per heavy atom. The minimum atomic E-state index is -0.309. The van der Waals surface area contributed by atoms with E-state index in [-0.39, 0.29) is 5.97 Å². The fourth-order valence-electron chi connectivity index (χ4n) is 1.46. The van der Waals surface area contributed by atoms with Crippen LogP contribution in [0, 0.1) is 0 Å². The summed E-state index contributed by atoms with van der Waals surface area (Å²) in [7, 11) is 0. The number of esters is 1. The molecule has 1 aromatic rings. The molecule has 3 heteroatoms. The van der Waals surface area contributed by atoms with Gasteiger partial charge in [-0.25, -0.2) is 0 Å². The molecule has 0 radical (unpaired) electrons. The lowest BCUT2D eigenvalue weighted by Gasteiger charge is -2.26. The maximum atomic E-state index is 10.8. The van der Waals surface area contributed by atoms with E-state index in [0.717, 1.165) is 18.6 Å². The normalized spacial score (nSPS) is 15.5. The van der Waals surface area contributed by atoms with Gasteiger partial charge >= 0.3 is 5.97 Å². The van der Waals surface area contributed by atoms with Crippen LogP contribution in [0.4, 0.5) is 0 Å². The third-order valence-corrected chi connectivity index (χ3v) is 2.42. The first-order valence-electron chi connectivity index (χ1n) is 5.19. The van der Waals surface area contributed by atoms with E-state index < -0.39 is 0 Å². The third-order valence-electron chi connectivity index (χ3n) is 2.42. The monoisotopic (exact) mass is 206 g/mol. The highest BCUT2D eigenvalue weighted by atomic mass is 16.5. The second-order valence-corrected chi connectivity index (χ2v) is 3.74. The van der Waals surface area contributed by atoms with Crippen LogP contribution in [0.1, 0.15) is 26.2 Å². The molecule has 0 N–H and O–H groups in total. The second kappa shape index (κ2) is 4.34. The molecule has 15 heavy (non-hydrogen) atoms. The predicted molar refractivity (Wildman–Crippen MR) is 56.0 cm³/mol. The lowest BCUT2D eigenvalue weighted by atomic mass is 9.96. The van der Waals surface area contributed by atoms with E-state index in [1.807, 2.05) is 12.1 Å². The van der Waals surface area contributed by atoms with Crippen LogP contribution in [-0.2, 0) is 4.79 Å². The van der Waals surface area contributed by atoms with Crippen molar-refractivity contribution in [3.63, 3.8) is 0 Å². The van der Waals surface area contributed by atoms with Crippen molar-refractivity contribution in [1.29, 1.82) is 0 Å². The number of carbonyl (C=O) groups is 1. The summed E-state index contributed by atoms with van der Waals surface area (Å²) in [5.74, 6) is 1.01. The number of carbonyl (C=O) groups excluding carboxylic acids is 1. The van der Waals surface area contributed by atoms with Gasteiger partial charge in [0.15, 0.2) is 0 Å². The van der Waals surface area contributed by atoms with Gasteiger partial charge in [-0.05, 0) is 31.4 Å². The van der Waals surface area contributed by atoms with Gasteiger partial charge in [0, 0.05) is 13.0 Å². The van der Waals surface area contributed by atoms with Crippen molar-refractivity contribution in [3.05, 3.63) is 24.3 Å². The maximum Gasteiger partial charge on any atom is 0.308 e. The van der Waals surface area contributed by atoms with Crippen molar-refractivity contribution >= 4 is 5.97 Å². The Balaban J connectivity index is 2.00. The van der Waals surface area contributed by atoms with Gasteiger partial charge in [-0.1, -0.05) is 6.07 Å². The summed E-state index contributed by atoms with van der Waals surface area (Å²) in [5, 5.41) is 0. The summed E-state index contributed by atoms with van der Waals surface area (Å²) in [6.45, 7) is 1.39. The Labute approximate surface area is 89.0 Å². The van der Waals surface area contributed by atoms with Gasteiger partial charge in [0.2, 0.25) is 0 Å². The third kappa shape index (κ3) is 2.72. The van der Waals surface area contributed by atoms with Gasteiger partial charge in [-0.15, -0.1) is 0 Å². The zero-order valence-electron chi connectivity index (χ0n) is 8.73. The molecular weight excluding hydrogens is 192 g/mol. The molecule has 0 saturated heterocycles. The maximum absolute atomic E-state index is 10.8. The van der Waals surface area contributed by atoms with Crippen molar-refractivity contribution in [2.45, 2.75) is 32.3 Å². The minimum absolute atomic E-state index is 0.309. The highest BCUT2D eigenvalue weighted by Crippen LogP contribution is 2.27. The van der Waals surface area contributed by atoms with Crippen molar-refractivity contribution in [2.24, 2.45) is 0 Å². The van der Waals surface area contributed by atoms with Crippen LogP contribution in [-0.4, -0.2) is 12.1 Å². The summed E-state index contributed by atoms with van der Waals surface area (Å²) in [6, 6.07) is 7.20. The van der Waals surface area contributed by atoms with Crippen LogP contribution in [0.15, 0.2) is 24.3 Å². The second-order valence-electron chi connectivity index (χ2n) is 3.74. The van der Waals surface area contributed by atoms with Crippen LogP contribution in [0.2, 0.25) is 0 Å². The Morgan fingerprint density at radius 3 is 2.67 bits per heavy atom. The Kier molecular flexibility index (Phi) is 2.90. The standard InChI is InChI=1S/C12H14O3/c1-9(13)14-11-6-3-7-12(8-11)15-10-4-2-5-10/h3,6-8,10H,2,4-5H2,1H3. The molecule has 0 unspecified atom stereocenters. The number of benzene rings is 1. The predicted octanol–water partition coefficient (Wildman–Crippen LogP) is 2.54. The van der Waals surface area contributed by atoms with Crippen LogP contribution in [0.3, 0.4) is 0 Å². The summed E-state index contributed by atoms with van der Waals surface area (Å²) >= 11 is 0. The molecule has 0 amide bonds. The highest BCUT2D eigenvalue weighted by molar-refractivity contribution is 5.69. The van der Waals surface area contributed by atoms with Gasteiger partial charge < -0.3 is 9.47 Å². The summed E-state index contributed by atoms with van der Waals surface area (Å²) in [4.78, 5) is 10.8. The molecule has 1 saturated carbocycles. The average molecular weight is 206 g/mol. The van der Waals surface area contributed by atoms with Crippen LogP contribution in [0.5, 0.6) is 11.5 Å². The molecule has 1 fully saturated rings. The molecule has 0 atom stereocenters. The van der Waals surface area contributed by atoms with Crippen molar-refractivity contribution in [1.82, 2.24) is 0 Å². The van der Waals surface area contributed by atoms with Gasteiger partial charge in [0.05, 0.1) is 6.10 Å². The summed E-state index contributed by atoms with van der Waals surface area (Å²) in [6.07, 6.45) is 3.83. The van der Waals surface area contributed by atoms with Gasteiger partial charge in [0.1, 0.15) is 11.5 Å². The topological polar surface area (TPSA) is 35.5 Å². The largest absolute Gasteiger partial charge is 0.490 e. The van der Waals surface area contributed by atoms with Crippen molar-refractivity contribution in [2.75, 3.05) is 0 Å². The number of hydrogen-bond acceptors (Lipinski definition) is 3. The van der Waals surface area contributed by atoms with E-state index >= 15 is 0 Å². The first-order chi connectivity index (χ1) is 7.24. The highest BCUT2D eigenvalue weighted by Gasteiger charge is 2.19. The molecule has 80 valence electrons. The summed E-state index contributed by atoms with van der Waals surface area (Å²) < 4.78 is 10.7. The number of ether oxygens (including phenoxy) is 2. The molecule has 0 spiro atoms. The lowest BCUT2D eigenvalue weighted by molar-refractivity contribution is -0.131. The zero-order valence-corrected chi connectivity index (χ0v) is 8.73. The van der Waals surface area contributed by atoms with Crippen LogP contribution in [0.25, 0.3) is 0 Å². The van der Waals surface area contributed by atoms with E-state index in [2.05, 4.69) is 0 Å². The van der Waals surface area contributed by atoms with Gasteiger partial charge in [-0.2, -0.15) is 0 Å². The van der Waals surface area contributed by atoms with E-state index in [0.29, 0.717) is 11.9 Å². The fraction of sp³-hybridized carbons (Fsp3) is 0.417. The molecule has 0 aromatic heterocycles. The van der Waals surface area contributed by atoms with Crippen molar-refractivity contribution < 1.29 is 14.3 Å².